The molecule has 2 nitrogen and oxygen atoms in total. The van der Waals surface area contributed by atoms with E-state index in [1.807, 2.05) is 0 Å². The average molecular weight is 172 g/mol. The summed E-state index contributed by atoms with van der Waals surface area (Å²) in [4.78, 5) is 0. The third-order valence-electron chi connectivity index (χ3n) is 2.44. The predicted molar refractivity (Wildman–Crippen MR) is 54.9 cm³/mol. The first-order valence-electron chi connectivity index (χ1n) is 4.65. The average Bonchev–Trinajstić information content (AvgIpc) is 1.85. The summed E-state index contributed by atoms with van der Waals surface area (Å²) < 4.78 is 0. The van der Waals surface area contributed by atoms with Gasteiger partial charge < -0.3 is 11.5 Å². The first-order chi connectivity index (χ1) is 5.19. The third-order valence-corrected chi connectivity index (χ3v) is 2.44. The van der Waals surface area contributed by atoms with Gasteiger partial charge in [0.2, 0.25) is 0 Å². The Labute approximate surface area is 76.7 Å². The number of rotatable bonds is 3. The van der Waals surface area contributed by atoms with E-state index in [4.69, 9.17) is 11.5 Å². The zero-order chi connectivity index (χ0) is 9.99. The van der Waals surface area contributed by atoms with Crippen LogP contribution >= 0.6 is 0 Å². The van der Waals surface area contributed by atoms with Crippen molar-refractivity contribution in [3.05, 3.63) is 0 Å². The fourth-order valence-corrected chi connectivity index (χ4v) is 0.985. The lowest BCUT2D eigenvalue weighted by atomic mass is 9.76. The van der Waals surface area contributed by atoms with E-state index in [1.54, 1.807) is 0 Å². The van der Waals surface area contributed by atoms with E-state index in [9.17, 15) is 0 Å². The first-order valence-corrected chi connectivity index (χ1v) is 4.65. The molecule has 0 aromatic carbocycles. The topological polar surface area (TPSA) is 52.0 Å². The van der Waals surface area contributed by atoms with Gasteiger partial charge >= 0.3 is 0 Å². The van der Waals surface area contributed by atoms with Crippen molar-refractivity contribution in [2.45, 2.75) is 47.1 Å². The van der Waals surface area contributed by atoms with Gasteiger partial charge in [0.15, 0.2) is 0 Å². The maximum atomic E-state index is 6.06. The highest BCUT2D eigenvalue weighted by molar-refractivity contribution is 4.83. The molecule has 0 aliphatic carbocycles. The Kier molecular flexibility index (Phi) is 3.73. The van der Waals surface area contributed by atoms with Crippen LogP contribution in [0.25, 0.3) is 0 Å². The van der Waals surface area contributed by atoms with Crippen LogP contribution in [0, 0.1) is 10.8 Å². The highest BCUT2D eigenvalue weighted by atomic mass is 14.7. The van der Waals surface area contributed by atoms with Gasteiger partial charge in [-0.2, -0.15) is 0 Å². The SMILES string of the molecule is CC(C)(CN)CC(N)C(C)(C)C. The molecule has 0 saturated carbocycles. The van der Waals surface area contributed by atoms with Crippen LogP contribution in [0.15, 0.2) is 0 Å². The lowest BCUT2D eigenvalue weighted by Crippen LogP contribution is -2.41. The second-order valence-electron chi connectivity index (χ2n) is 5.54. The lowest BCUT2D eigenvalue weighted by Gasteiger charge is -2.34. The summed E-state index contributed by atoms with van der Waals surface area (Å²) in [5, 5.41) is 0. The zero-order valence-corrected chi connectivity index (χ0v) is 9.15. The van der Waals surface area contributed by atoms with E-state index in [1.165, 1.54) is 0 Å². The molecule has 0 aliphatic rings. The van der Waals surface area contributed by atoms with Crippen molar-refractivity contribution in [2.24, 2.45) is 22.3 Å². The summed E-state index contributed by atoms with van der Waals surface area (Å²) in [7, 11) is 0. The van der Waals surface area contributed by atoms with Gasteiger partial charge in [0.1, 0.15) is 0 Å². The van der Waals surface area contributed by atoms with Crippen LogP contribution in [-0.4, -0.2) is 12.6 Å². The summed E-state index contributed by atoms with van der Waals surface area (Å²) in [5.74, 6) is 0. The van der Waals surface area contributed by atoms with Gasteiger partial charge in [0.05, 0.1) is 0 Å². The van der Waals surface area contributed by atoms with Gasteiger partial charge in [-0.05, 0) is 23.8 Å². The van der Waals surface area contributed by atoms with Crippen molar-refractivity contribution in [3.63, 3.8) is 0 Å². The van der Waals surface area contributed by atoms with Crippen LogP contribution in [0.1, 0.15) is 41.0 Å². The Morgan fingerprint density at radius 1 is 1.08 bits per heavy atom. The van der Waals surface area contributed by atoms with E-state index >= 15 is 0 Å². The van der Waals surface area contributed by atoms with Gasteiger partial charge in [0.25, 0.3) is 0 Å². The molecule has 74 valence electrons. The minimum absolute atomic E-state index is 0.173. The summed E-state index contributed by atoms with van der Waals surface area (Å²) in [6.07, 6.45) is 0.993. The monoisotopic (exact) mass is 172 g/mol. The highest BCUT2D eigenvalue weighted by Gasteiger charge is 2.27. The lowest BCUT2D eigenvalue weighted by molar-refractivity contribution is 0.222. The molecule has 0 rings (SSSR count). The number of nitrogens with two attached hydrogens (primary N) is 2. The first kappa shape index (κ1) is 11.9. The van der Waals surface area contributed by atoms with Crippen LogP contribution in [0.3, 0.4) is 0 Å². The smallest absolute Gasteiger partial charge is 0.00931 e. The Hall–Kier alpha value is -0.0800. The van der Waals surface area contributed by atoms with E-state index in [-0.39, 0.29) is 16.9 Å². The minimum atomic E-state index is 0.173. The van der Waals surface area contributed by atoms with E-state index in [0.29, 0.717) is 6.54 Å². The van der Waals surface area contributed by atoms with Crippen molar-refractivity contribution in [3.8, 4) is 0 Å². The van der Waals surface area contributed by atoms with Gasteiger partial charge in [-0.3, -0.25) is 0 Å². The molecule has 0 bridgehead atoms. The molecular formula is C10H24N2. The second-order valence-corrected chi connectivity index (χ2v) is 5.54. The molecule has 1 unspecified atom stereocenters. The van der Waals surface area contributed by atoms with Gasteiger partial charge in [-0.1, -0.05) is 34.6 Å². The van der Waals surface area contributed by atoms with Crippen LogP contribution in [0.2, 0.25) is 0 Å². The zero-order valence-electron chi connectivity index (χ0n) is 9.15. The van der Waals surface area contributed by atoms with Crippen molar-refractivity contribution in [1.29, 1.82) is 0 Å². The number of hydrogen-bond donors (Lipinski definition) is 2. The van der Waals surface area contributed by atoms with Crippen LogP contribution < -0.4 is 11.5 Å². The fourth-order valence-electron chi connectivity index (χ4n) is 0.985. The largest absolute Gasteiger partial charge is 0.330 e. The van der Waals surface area contributed by atoms with Crippen LogP contribution in [0.4, 0.5) is 0 Å². The molecule has 0 aromatic heterocycles. The molecule has 0 spiro atoms. The van der Waals surface area contributed by atoms with E-state index in [2.05, 4.69) is 34.6 Å². The summed E-state index contributed by atoms with van der Waals surface area (Å²) in [6, 6.07) is 0.232. The van der Waals surface area contributed by atoms with Crippen molar-refractivity contribution in [2.75, 3.05) is 6.54 Å². The Bertz CT molecular complexity index is 133. The minimum Gasteiger partial charge on any atom is -0.330 e. The standard InChI is InChI=1S/C10H24N2/c1-9(2,3)8(12)6-10(4,5)7-11/h8H,6-7,11-12H2,1-5H3. The molecule has 0 amide bonds. The predicted octanol–water partition coefficient (Wildman–Crippen LogP) is 1.73. The van der Waals surface area contributed by atoms with Crippen molar-refractivity contribution >= 4 is 0 Å². The van der Waals surface area contributed by atoms with Gasteiger partial charge in [0, 0.05) is 6.04 Å². The summed E-state index contributed by atoms with van der Waals surface area (Å²) in [6.45, 7) is 11.5. The molecule has 0 heterocycles. The van der Waals surface area contributed by atoms with Gasteiger partial charge in [-0.25, -0.2) is 0 Å². The Morgan fingerprint density at radius 3 is 1.75 bits per heavy atom. The normalized spacial score (nSPS) is 16.2. The molecule has 12 heavy (non-hydrogen) atoms. The second kappa shape index (κ2) is 3.75. The van der Waals surface area contributed by atoms with Crippen LogP contribution in [-0.2, 0) is 0 Å². The maximum absolute atomic E-state index is 6.06. The van der Waals surface area contributed by atoms with E-state index in [0.717, 1.165) is 6.42 Å². The van der Waals surface area contributed by atoms with Crippen molar-refractivity contribution < 1.29 is 0 Å². The molecule has 1 atom stereocenters. The summed E-state index contributed by atoms with van der Waals surface area (Å²) in [5.41, 5.74) is 12.1. The Balaban J connectivity index is 4.09. The third kappa shape index (κ3) is 4.07. The molecule has 0 aliphatic heterocycles. The van der Waals surface area contributed by atoms with E-state index < -0.39 is 0 Å². The molecular weight excluding hydrogens is 148 g/mol. The van der Waals surface area contributed by atoms with Crippen molar-refractivity contribution in [1.82, 2.24) is 0 Å². The Morgan fingerprint density at radius 2 is 1.50 bits per heavy atom. The van der Waals surface area contributed by atoms with Crippen LogP contribution in [0.5, 0.6) is 0 Å². The fraction of sp³-hybridized carbons (Fsp3) is 1.00. The molecule has 0 aromatic rings. The molecule has 0 radical (unpaired) electrons. The number of hydrogen-bond acceptors (Lipinski definition) is 2. The maximum Gasteiger partial charge on any atom is 0.00931 e. The molecule has 2 heteroatoms. The molecule has 0 fully saturated rings. The van der Waals surface area contributed by atoms with Gasteiger partial charge in [-0.15, -0.1) is 0 Å². The summed E-state index contributed by atoms with van der Waals surface area (Å²) >= 11 is 0. The quantitative estimate of drug-likeness (QED) is 0.681. The molecule has 0 saturated heterocycles. The highest BCUT2D eigenvalue weighted by Crippen LogP contribution is 2.28. The molecule has 4 N–H and O–H groups in total.